The van der Waals surface area contributed by atoms with Gasteiger partial charge >= 0.3 is 0 Å². The Morgan fingerprint density at radius 1 is 1.12 bits per heavy atom. The molecule has 4 aromatic rings. The molecular formula is C26H24ClN3O3S. The largest absolute Gasteiger partial charge is 0.497 e. The topological polar surface area (TPSA) is 58.8 Å². The summed E-state index contributed by atoms with van der Waals surface area (Å²) in [5.74, 6) is 1.79. The van der Waals surface area contributed by atoms with Crippen LogP contribution >= 0.6 is 22.9 Å². The monoisotopic (exact) mass is 493 g/mol. The van der Waals surface area contributed by atoms with E-state index in [9.17, 15) is 4.79 Å². The summed E-state index contributed by atoms with van der Waals surface area (Å²) in [6, 6.07) is 19.1. The third kappa shape index (κ3) is 4.67. The third-order valence-corrected chi connectivity index (χ3v) is 7.01. The Hall–Kier alpha value is -3.29. The van der Waals surface area contributed by atoms with Crippen LogP contribution in [0.5, 0.6) is 5.75 Å². The summed E-state index contributed by atoms with van der Waals surface area (Å²) in [5.41, 5.74) is 2.69. The Balaban J connectivity index is 1.44. The fourth-order valence-electron chi connectivity index (χ4n) is 4.02. The van der Waals surface area contributed by atoms with Crippen molar-refractivity contribution in [1.29, 1.82) is 0 Å². The quantitative estimate of drug-likeness (QED) is 0.289. The lowest BCUT2D eigenvalue weighted by Gasteiger charge is -2.22. The van der Waals surface area contributed by atoms with E-state index >= 15 is 0 Å². The zero-order chi connectivity index (χ0) is 23.5. The number of thiazole rings is 1. The standard InChI is InChI=1S/C26H24ClN3O3S/c1-32-19-10-8-18(9-11-19)22-17-34-26(28-22)30(23-7-3-2-6-21(23)27)16-20-12-13-24(33-20)25(31)29-14-4-5-15-29/h2-3,6-13,17H,4-5,14-16H2,1H3. The summed E-state index contributed by atoms with van der Waals surface area (Å²) in [5, 5.41) is 3.41. The van der Waals surface area contributed by atoms with E-state index in [-0.39, 0.29) is 5.91 Å². The van der Waals surface area contributed by atoms with Gasteiger partial charge in [-0.25, -0.2) is 4.98 Å². The van der Waals surface area contributed by atoms with Crippen LogP contribution in [-0.2, 0) is 6.54 Å². The van der Waals surface area contributed by atoms with Gasteiger partial charge in [0.15, 0.2) is 10.9 Å². The lowest BCUT2D eigenvalue weighted by molar-refractivity contribution is 0.0759. The molecular weight excluding hydrogens is 470 g/mol. The molecule has 3 heterocycles. The molecule has 0 aliphatic carbocycles. The van der Waals surface area contributed by atoms with Crippen molar-refractivity contribution in [3.8, 4) is 17.0 Å². The van der Waals surface area contributed by atoms with Crippen molar-refractivity contribution in [2.45, 2.75) is 19.4 Å². The van der Waals surface area contributed by atoms with Crippen molar-refractivity contribution < 1.29 is 13.9 Å². The molecule has 1 amide bonds. The maximum Gasteiger partial charge on any atom is 0.289 e. The SMILES string of the molecule is COc1ccc(-c2csc(N(Cc3ccc(C(=O)N4CCCC4)o3)c3ccccc3Cl)n2)cc1. The normalized spacial score (nSPS) is 13.3. The van der Waals surface area contributed by atoms with Crippen LogP contribution in [0.1, 0.15) is 29.2 Å². The highest BCUT2D eigenvalue weighted by Gasteiger charge is 2.24. The molecule has 1 saturated heterocycles. The van der Waals surface area contributed by atoms with Crippen LogP contribution in [0.15, 0.2) is 70.5 Å². The second kappa shape index (κ2) is 9.91. The van der Waals surface area contributed by atoms with Gasteiger partial charge in [0.05, 0.1) is 30.1 Å². The van der Waals surface area contributed by atoms with Crippen LogP contribution in [0.3, 0.4) is 0 Å². The first-order valence-electron chi connectivity index (χ1n) is 11.1. The number of hydrogen-bond donors (Lipinski definition) is 0. The lowest BCUT2D eigenvalue weighted by Crippen LogP contribution is -2.27. The Morgan fingerprint density at radius 3 is 2.62 bits per heavy atom. The van der Waals surface area contributed by atoms with E-state index in [1.165, 1.54) is 11.3 Å². The van der Waals surface area contributed by atoms with E-state index < -0.39 is 0 Å². The number of methoxy groups -OCH3 is 1. The van der Waals surface area contributed by atoms with Gasteiger partial charge in [0.25, 0.3) is 5.91 Å². The van der Waals surface area contributed by atoms with Crippen LogP contribution in [0.4, 0.5) is 10.8 Å². The van der Waals surface area contributed by atoms with E-state index in [4.69, 9.17) is 25.7 Å². The second-order valence-corrected chi connectivity index (χ2v) is 9.29. The van der Waals surface area contributed by atoms with Gasteiger partial charge in [-0.3, -0.25) is 4.79 Å². The number of benzene rings is 2. The smallest absolute Gasteiger partial charge is 0.289 e. The van der Waals surface area contributed by atoms with E-state index in [0.29, 0.717) is 23.1 Å². The van der Waals surface area contributed by atoms with Crippen molar-refractivity contribution >= 4 is 39.7 Å². The molecule has 5 rings (SSSR count). The number of amides is 1. The number of carbonyl (C=O) groups excluding carboxylic acids is 1. The highest BCUT2D eigenvalue weighted by molar-refractivity contribution is 7.14. The fourth-order valence-corrected chi connectivity index (χ4v) is 5.10. The molecule has 2 aromatic heterocycles. The van der Waals surface area contributed by atoms with Crippen LogP contribution in [0, 0.1) is 0 Å². The molecule has 6 nitrogen and oxygen atoms in total. The molecule has 1 aliphatic heterocycles. The maximum absolute atomic E-state index is 12.7. The number of nitrogens with zero attached hydrogens (tertiary/aromatic N) is 3. The maximum atomic E-state index is 12.7. The number of halogens is 1. The van der Waals surface area contributed by atoms with Crippen molar-refractivity contribution in [2.75, 3.05) is 25.1 Å². The first-order valence-corrected chi connectivity index (χ1v) is 12.4. The van der Waals surface area contributed by atoms with Gasteiger partial charge in [0.1, 0.15) is 11.5 Å². The highest BCUT2D eigenvalue weighted by atomic mass is 35.5. The molecule has 1 aliphatic rings. The van der Waals surface area contributed by atoms with Gasteiger partial charge in [-0.05, 0) is 61.4 Å². The molecule has 174 valence electrons. The Morgan fingerprint density at radius 2 is 1.88 bits per heavy atom. The Kier molecular flexibility index (Phi) is 6.56. The predicted octanol–water partition coefficient (Wildman–Crippen LogP) is 6.64. The number of ether oxygens (including phenoxy) is 1. The minimum atomic E-state index is -0.0518. The van der Waals surface area contributed by atoms with Crippen molar-refractivity contribution in [1.82, 2.24) is 9.88 Å². The number of carbonyl (C=O) groups is 1. The number of rotatable bonds is 7. The lowest BCUT2D eigenvalue weighted by atomic mass is 10.2. The molecule has 0 bridgehead atoms. The van der Waals surface area contributed by atoms with Gasteiger partial charge < -0.3 is 19.0 Å². The molecule has 0 radical (unpaired) electrons. The summed E-state index contributed by atoms with van der Waals surface area (Å²) < 4.78 is 11.2. The molecule has 1 fully saturated rings. The van der Waals surface area contributed by atoms with Gasteiger partial charge in [0, 0.05) is 24.0 Å². The van der Waals surface area contributed by atoms with Crippen LogP contribution in [0.2, 0.25) is 5.02 Å². The van der Waals surface area contributed by atoms with Gasteiger partial charge in [0.2, 0.25) is 0 Å². The van der Waals surface area contributed by atoms with Crippen molar-refractivity contribution in [2.24, 2.45) is 0 Å². The molecule has 34 heavy (non-hydrogen) atoms. The number of para-hydroxylation sites is 1. The minimum absolute atomic E-state index is 0.0518. The number of likely N-dealkylation sites (tertiary alicyclic amines) is 1. The third-order valence-electron chi connectivity index (χ3n) is 5.83. The highest BCUT2D eigenvalue weighted by Crippen LogP contribution is 2.37. The predicted molar refractivity (Wildman–Crippen MR) is 135 cm³/mol. The van der Waals surface area contributed by atoms with E-state index in [1.54, 1.807) is 13.2 Å². The number of hydrogen-bond acceptors (Lipinski definition) is 6. The second-order valence-electron chi connectivity index (χ2n) is 8.05. The number of furan rings is 1. The number of aromatic nitrogens is 1. The average Bonchev–Trinajstić information content (AvgIpc) is 3.65. The summed E-state index contributed by atoms with van der Waals surface area (Å²) in [6.07, 6.45) is 2.08. The number of anilines is 2. The molecule has 0 N–H and O–H groups in total. The van der Waals surface area contributed by atoms with E-state index in [2.05, 4.69) is 0 Å². The van der Waals surface area contributed by atoms with Crippen LogP contribution < -0.4 is 9.64 Å². The molecule has 8 heteroatoms. The first kappa shape index (κ1) is 22.5. The zero-order valence-corrected chi connectivity index (χ0v) is 20.3. The van der Waals surface area contributed by atoms with Crippen molar-refractivity contribution in [3.05, 3.63) is 82.6 Å². The molecule has 0 saturated carbocycles. The minimum Gasteiger partial charge on any atom is -0.497 e. The van der Waals surface area contributed by atoms with E-state index in [0.717, 1.165) is 53.8 Å². The summed E-state index contributed by atoms with van der Waals surface area (Å²) in [4.78, 5) is 21.5. The van der Waals surface area contributed by atoms with Crippen molar-refractivity contribution in [3.63, 3.8) is 0 Å². The van der Waals surface area contributed by atoms with Crippen LogP contribution in [-0.4, -0.2) is 36.0 Å². The summed E-state index contributed by atoms with van der Waals surface area (Å²) in [7, 11) is 1.65. The summed E-state index contributed by atoms with van der Waals surface area (Å²) in [6.45, 7) is 1.97. The molecule has 0 atom stereocenters. The Bertz CT molecular complexity index is 1280. The molecule has 2 aromatic carbocycles. The molecule has 0 unspecified atom stereocenters. The van der Waals surface area contributed by atoms with Crippen LogP contribution in [0.25, 0.3) is 11.3 Å². The average molecular weight is 494 g/mol. The van der Waals surface area contributed by atoms with Gasteiger partial charge in [-0.2, -0.15) is 0 Å². The first-order chi connectivity index (χ1) is 16.6. The van der Waals surface area contributed by atoms with E-state index in [1.807, 2.05) is 69.8 Å². The zero-order valence-electron chi connectivity index (χ0n) is 18.7. The Labute approximate surface area is 207 Å². The molecule has 0 spiro atoms. The van der Waals surface area contributed by atoms with Gasteiger partial charge in [-0.1, -0.05) is 23.7 Å². The fraction of sp³-hybridized carbons (Fsp3) is 0.231. The van der Waals surface area contributed by atoms with Gasteiger partial charge in [-0.15, -0.1) is 11.3 Å². The summed E-state index contributed by atoms with van der Waals surface area (Å²) >= 11 is 8.09.